The number of hydrogen-bond donors (Lipinski definition) is 1. The highest BCUT2D eigenvalue weighted by Crippen LogP contribution is 2.43. The number of allylic oxidation sites excluding steroid dienone is 2. The summed E-state index contributed by atoms with van der Waals surface area (Å²) in [6.07, 6.45) is 2.00. The molecule has 11 aromatic rings. The highest BCUT2D eigenvalue weighted by atomic mass is 32.1. The summed E-state index contributed by atoms with van der Waals surface area (Å²) >= 11 is 1.83. The van der Waals surface area contributed by atoms with E-state index in [4.69, 9.17) is 20.7 Å². The molecule has 0 unspecified atom stereocenters. The van der Waals surface area contributed by atoms with Crippen molar-refractivity contribution < 1.29 is 0 Å². The minimum absolute atomic E-state index is 0.431. The van der Waals surface area contributed by atoms with E-state index in [0.717, 1.165) is 78.1 Å². The van der Waals surface area contributed by atoms with Gasteiger partial charge in [-0.2, -0.15) is 0 Å². The molecule has 2 aromatic heterocycles. The Kier molecular flexibility index (Phi) is 10.7. The molecule has 2 heterocycles. The van der Waals surface area contributed by atoms with E-state index in [0.29, 0.717) is 11.7 Å². The molecular formula is C61H42N4S. The average molecular weight is 863 g/mol. The van der Waals surface area contributed by atoms with Crippen LogP contribution < -0.4 is 5.73 Å². The second-order valence-corrected chi connectivity index (χ2v) is 17.3. The lowest BCUT2D eigenvalue weighted by atomic mass is 9.95. The Bertz CT molecular complexity index is 3620. The number of thiophene rings is 1. The Balaban J connectivity index is 0.965. The van der Waals surface area contributed by atoms with E-state index in [-0.39, 0.29) is 0 Å². The minimum atomic E-state index is 0.431. The molecule has 0 saturated heterocycles. The molecule has 9 aromatic carbocycles. The van der Waals surface area contributed by atoms with Crippen LogP contribution in [0.2, 0.25) is 0 Å². The fraction of sp³-hybridized carbons (Fsp3) is 0. The first-order chi connectivity index (χ1) is 32.5. The third-order valence-corrected chi connectivity index (χ3v) is 13.3. The van der Waals surface area contributed by atoms with Crippen molar-refractivity contribution in [2.75, 3.05) is 0 Å². The van der Waals surface area contributed by atoms with Crippen LogP contribution in [0.3, 0.4) is 0 Å². The minimum Gasteiger partial charge on any atom is -0.383 e. The summed E-state index contributed by atoms with van der Waals surface area (Å²) in [6.45, 7) is 4.34. The molecule has 5 heteroatoms. The number of nitrogens with two attached hydrogens (primary N) is 1. The van der Waals surface area contributed by atoms with E-state index in [1.54, 1.807) is 0 Å². The van der Waals surface area contributed by atoms with Gasteiger partial charge in [-0.1, -0.05) is 207 Å². The van der Waals surface area contributed by atoms with Gasteiger partial charge >= 0.3 is 0 Å². The van der Waals surface area contributed by atoms with Gasteiger partial charge in [-0.15, -0.1) is 11.3 Å². The van der Waals surface area contributed by atoms with Crippen molar-refractivity contribution in [1.29, 1.82) is 0 Å². The maximum Gasteiger partial charge on any atom is 0.160 e. The van der Waals surface area contributed by atoms with Gasteiger partial charge in [-0.05, 0) is 68.9 Å². The van der Waals surface area contributed by atoms with Crippen LogP contribution in [0.25, 0.3) is 98.4 Å². The number of benzene rings is 9. The summed E-state index contributed by atoms with van der Waals surface area (Å²) in [5, 5.41) is 4.81. The molecule has 11 rings (SSSR count). The molecule has 0 spiro atoms. The van der Waals surface area contributed by atoms with Crippen LogP contribution in [-0.2, 0) is 0 Å². The lowest BCUT2D eigenvalue weighted by Gasteiger charge is -2.12. The zero-order chi connectivity index (χ0) is 44.4. The molecule has 0 fully saturated rings. The van der Waals surface area contributed by atoms with Crippen LogP contribution in [0.1, 0.15) is 16.7 Å². The van der Waals surface area contributed by atoms with Crippen molar-refractivity contribution in [2.45, 2.75) is 0 Å². The van der Waals surface area contributed by atoms with Gasteiger partial charge in [0.05, 0.1) is 17.1 Å². The van der Waals surface area contributed by atoms with Gasteiger partial charge in [0.1, 0.15) is 5.84 Å². The van der Waals surface area contributed by atoms with Crippen molar-refractivity contribution in [2.24, 2.45) is 10.7 Å². The molecular weight excluding hydrogens is 821 g/mol. The Labute approximate surface area is 388 Å². The third kappa shape index (κ3) is 8.00. The molecule has 2 N–H and O–H groups in total. The molecule has 0 bridgehead atoms. The molecule has 0 aliphatic rings. The van der Waals surface area contributed by atoms with Crippen LogP contribution in [-0.4, -0.2) is 15.8 Å². The monoisotopic (exact) mass is 862 g/mol. The van der Waals surface area contributed by atoms with Crippen LogP contribution >= 0.6 is 11.3 Å². The molecule has 0 saturated carbocycles. The first-order valence-electron chi connectivity index (χ1n) is 22.0. The van der Waals surface area contributed by atoms with Crippen molar-refractivity contribution in [3.63, 3.8) is 0 Å². The van der Waals surface area contributed by atoms with Crippen molar-refractivity contribution in [3.8, 4) is 56.2 Å². The van der Waals surface area contributed by atoms with E-state index in [1.165, 1.54) is 31.1 Å². The predicted octanol–water partition coefficient (Wildman–Crippen LogP) is 15.8. The number of amidine groups is 1. The van der Waals surface area contributed by atoms with Crippen molar-refractivity contribution in [1.82, 2.24) is 9.97 Å². The summed E-state index contributed by atoms with van der Waals surface area (Å²) in [6, 6.07) is 78.0. The highest BCUT2D eigenvalue weighted by Gasteiger charge is 2.17. The second-order valence-electron chi connectivity index (χ2n) is 16.3. The molecule has 0 atom stereocenters. The van der Waals surface area contributed by atoms with Crippen molar-refractivity contribution in [3.05, 3.63) is 254 Å². The van der Waals surface area contributed by atoms with E-state index in [2.05, 4.69) is 164 Å². The fourth-order valence-corrected chi connectivity index (χ4v) is 9.86. The lowest BCUT2D eigenvalue weighted by Crippen LogP contribution is -2.13. The van der Waals surface area contributed by atoms with Crippen LogP contribution in [0.15, 0.2) is 242 Å². The van der Waals surface area contributed by atoms with Gasteiger partial charge in [0.2, 0.25) is 0 Å². The summed E-state index contributed by atoms with van der Waals surface area (Å²) in [5.41, 5.74) is 20.6. The zero-order valence-corrected chi connectivity index (χ0v) is 36.8. The maximum atomic E-state index is 6.78. The summed E-state index contributed by atoms with van der Waals surface area (Å²) in [4.78, 5) is 15.4. The molecule has 0 aliphatic heterocycles. The lowest BCUT2D eigenvalue weighted by molar-refractivity contribution is 1.18. The van der Waals surface area contributed by atoms with Crippen molar-refractivity contribution >= 4 is 59.4 Å². The highest BCUT2D eigenvalue weighted by molar-refractivity contribution is 7.26. The number of nitrogens with zero attached hydrogens (tertiary/aromatic N) is 3. The standard InChI is InChI=1S/C61H42N4S/c1-40(41-16-5-2-6-17-41)36-55(45-19-7-3-8-20-45)63-60(62)47-32-28-42(29-33-47)49-37-53(59-54(38-49)52-25-13-14-27-58(52)66-59)44-30-34-48(35-31-44)61-64-56(46-21-9-4-10-22-46)39-57(65-61)51-26-15-23-43-18-11-12-24-50(43)51/h2-39H,1H2,(H2,62,63)/b55-36-. The number of aliphatic imine (C=N–C) groups is 1. The number of aromatic nitrogens is 2. The molecule has 0 radical (unpaired) electrons. The van der Waals surface area contributed by atoms with Gasteiger partial charge in [0.15, 0.2) is 5.82 Å². The van der Waals surface area contributed by atoms with E-state index < -0.39 is 0 Å². The SMILES string of the molecule is C=C(/C=C(\N=C(N)c1ccc(-c2cc(-c3ccc(-c4nc(-c5ccccc5)cc(-c5cccc6ccccc56)n4)cc3)c3sc4ccccc4c3c2)cc1)c1ccccc1)c1ccccc1. The predicted molar refractivity (Wildman–Crippen MR) is 280 cm³/mol. The smallest absolute Gasteiger partial charge is 0.160 e. The number of fused-ring (bicyclic) bond motifs is 4. The Morgan fingerprint density at radius 1 is 0.455 bits per heavy atom. The van der Waals surface area contributed by atoms with E-state index >= 15 is 0 Å². The van der Waals surface area contributed by atoms with Crippen LogP contribution in [0.5, 0.6) is 0 Å². The Hall–Kier alpha value is -8.51. The normalized spacial score (nSPS) is 11.9. The van der Waals surface area contributed by atoms with Gasteiger partial charge in [-0.25, -0.2) is 15.0 Å². The Morgan fingerprint density at radius 3 is 1.82 bits per heavy atom. The quantitative estimate of drug-likeness (QED) is 0.0846. The number of hydrogen-bond acceptors (Lipinski definition) is 4. The zero-order valence-electron chi connectivity index (χ0n) is 36.0. The molecule has 66 heavy (non-hydrogen) atoms. The summed E-state index contributed by atoms with van der Waals surface area (Å²) < 4.78 is 2.50. The largest absolute Gasteiger partial charge is 0.383 e. The molecule has 312 valence electrons. The van der Waals surface area contributed by atoms with Gasteiger partial charge in [0.25, 0.3) is 0 Å². The molecule has 0 amide bonds. The first kappa shape index (κ1) is 40.3. The van der Waals surface area contributed by atoms with Gasteiger partial charge in [-0.3, -0.25) is 0 Å². The van der Waals surface area contributed by atoms with Gasteiger partial charge in [0, 0.05) is 53.6 Å². The third-order valence-electron chi connectivity index (χ3n) is 12.1. The van der Waals surface area contributed by atoms with Crippen LogP contribution in [0.4, 0.5) is 0 Å². The maximum absolute atomic E-state index is 6.78. The second kappa shape index (κ2) is 17.6. The van der Waals surface area contributed by atoms with Gasteiger partial charge < -0.3 is 5.73 Å². The topological polar surface area (TPSA) is 64.2 Å². The van der Waals surface area contributed by atoms with Crippen LogP contribution in [0, 0.1) is 0 Å². The Morgan fingerprint density at radius 2 is 1.06 bits per heavy atom. The summed E-state index contributed by atoms with van der Waals surface area (Å²) in [7, 11) is 0. The first-order valence-corrected chi connectivity index (χ1v) is 22.8. The summed E-state index contributed by atoms with van der Waals surface area (Å²) in [5.74, 6) is 1.11. The van der Waals surface area contributed by atoms with E-state index in [1.807, 2.05) is 84.1 Å². The fourth-order valence-electron chi connectivity index (χ4n) is 8.64. The van der Waals surface area contributed by atoms with E-state index in [9.17, 15) is 0 Å². The average Bonchev–Trinajstić information content (AvgIpc) is 3.77. The molecule has 0 aliphatic carbocycles. The molecule has 4 nitrogen and oxygen atoms in total. The number of rotatable bonds is 10.